The maximum absolute atomic E-state index is 13.1. The molecule has 0 bridgehead atoms. The summed E-state index contributed by atoms with van der Waals surface area (Å²) in [6, 6.07) is 0. The van der Waals surface area contributed by atoms with Crippen LogP contribution in [0.4, 0.5) is 0 Å². The largest absolute Gasteiger partial charge is 0.472 e. The Bertz CT molecular complexity index is 2010. The predicted molar refractivity (Wildman–Crippen MR) is 428 cm³/mol. The zero-order valence-electron chi connectivity index (χ0n) is 68.5. The fraction of sp³-hybridized carbons (Fsp3) is 0.953. The van der Waals surface area contributed by atoms with Gasteiger partial charge in [0.15, 0.2) is 12.2 Å². The molecule has 0 saturated carbocycles. The molecular formula is C85H166O17P2. The van der Waals surface area contributed by atoms with Crippen molar-refractivity contribution in [1.82, 2.24) is 0 Å². The van der Waals surface area contributed by atoms with Crippen LogP contribution in [0.5, 0.6) is 0 Å². The van der Waals surface area contributed by atoms with Gasteiger partial charge in [0.1, 0.15) is 19.3 Å². The number of rotatable bonds is 83. The summed E-state index contributed by atoms with van der Waals surface area (Å²) in [5.41, 5.74) is 0. The lowest BCUT2D eigenvalue weighted by Crippen LogP contribution is -2.30. The van der Waals surface area contributed by atoms with Gasteiger partial charge in [0, 0.05) is 25.7 Å². The van der Waals surface area contributed by atoms with Crippen LogP contribution >= 0.6 is 15.6 Å². The molecule has 19 heteroatoms. The first kappa shape index (κ1) is 102. The number of esters is 4. The number of aliphatic hydroxyl groups excluding tert-OH is 1. The van der Waals surface area contributed by atoms with Crippen LogP contribution in [0.3, 0.4) is 0 Å². The van der Waals surface area contributed by atoms with Gasteiger partial charge in [0.2, 0.25) is 0 Å². The van der Waals surface area contributed by atoms with Crippen LogP contribution in [0.1, 0.15) is 447 Å². The van der Waals surface area contributed by atoms with Crippen molar-refractivity contribution < 1.29 is 80.2 Å². The average molecular weight is 1520 g/mol. The minimum absolute atomic E-state index is 0.107. The Morgan fingerprint density at radius 2 is 0.490 bits per heavy atom. The summed E-state index contributed by atoms with van der Waals surface area (Å²) in [7, 11) is -9.92. The summed E-state index contributed by atoms with van der Waals surface area (Å²) < 4.78 is 68.8. The van der Waals surface area contributed by atoms with Gasteiger partial charge in [-0.2, -0.15) is 0 Å². The lowest BCUT2D eigenvalue weighted by molar-refractivity contribution is -0.161. The third-order valence-corrected chi connectivity index (χ3v) is 22.1. The van der Waals surface area contributed by atoms with Gasteiger partial charge in [-0.1, -0.05) is 395 Å². The number of phosphoric ester groups is 2. The van der Waals surface area contributed by atoms with Gasteiger partial charge >= 0.3 is 39.5 Å². The molecule has 0 heterocycles. The highest BCUT2D eigenvalue weighted by atomic mass is 31.2. The normalized spacial score (nSPS) is 14.2. The monoisotopic (exact) mass is 1520 g/mol. The summed E-state index contributed by atoms with van der Waals surface area (Å²) in [5.74, 6) is 0.352. The van der Waals surface area contributed by atoms with Crippen molar-refractivity contribution >= 4 is 39.5 Å². The van der Waals surface area contributed by atoms with Crippen molar-refractivity contribution in [3.63, 3.8) is 0 Å². The number of carbonyl (C=O) groups excluding carboxylic acids is 4. The molecule has 0 aromatic carbocycles. The maximum atomic E-state index is 13.1. The molecule has 0 aliphatic rings. The number of carbonyl (C=O) groups is 4. The smallest absolute Gasteiger partial charge is 0.462 e. The molecule has 6 atom stereocenters. The molecule has 0 saturated heterocycles. The van der Waals surface area contributed by atoms with Gasteiger partial charge < -0.3 is 33.8 Å². The lowest BCUT2D eigenvalue weighted by atomic mass is 9.99. The van der Waals surface area contributed by atoms with E-state index in [1.807, 2.05) is 0 Å². The molecule has 0 aliphatic carbocycles. The van der Waals surface area contributed by atoms with Crippen LogP contribution in [0.15, 0.2) is 0 Å². The zero-order chi connectivity index (χ0) is 76.5. The number of phosphoric acid groups is 2. The average Bonchev–Trinajstić information content (AvgIpc) is 0.908. The van der Waals surface area contributed by atoms with Crippen molar-refractivity contribution in [2.45, 2.75) is 465 Å². The van der Waals surface area contributed by atoms with Gasteiger partial charge in [-0.3, -0.25) is 37.3 Å². The summed E-state index contributed by atoms with van der Waals surface area (Å²) >= 11 is 0. The zero-order valence-corrected chi connectivity index (χ0v) is 70.3. The first-order chi connectivity index (χ1) is 50.3. The molecule has 0 aliphatic heterocycles. The van der Waals surface area contributed by atoms with Gasteiger partial charge in [-0.15, -0.1) is 0 Å². The van der Waals surface area contributed by atoms with E-state index in [1.165, 1.54) is 250 Å². The fourth-order valence-corrected chi connectivity index (χ4v) is 14.7. The molecule has 3 N–H and O–H groups in total. The number of hydrogen-bond acceptors (Lipinski definition) is 15. The number of unbranched alkanes of at least 4 members (excludes halogenated alkanes) is 50. The minimum atomic E-state index is -4.96. The first-order valence-corrected chi connectivity index (χ1v) is 46.9. The van der Waals surface area contributed by atoms with Crippen LogP contribution in [0.2, 0.25) is 0 Å². The Labute approximate surface area is 638 Å². The summed E-state index contributed by atoms with van der Waals surface area (Å²) in [5, 5.41) is 10.7. The van der Waals surface area contributed by atoms with Crippen LogP contribution < -0.4 is 0 Å². The SMILES string of the molecule is CCCCCCCCCCC(=O)OC[C@H](COP(=O)(O)OC[C@H](O)COP(=O)(O)OC[C@@H](COC(=O)CCCCCCCCCCCCCCCCCCC(C)C)OC(=O)CCCCCCCCCCCCCCCCCCCCC(C)CC)OC(=O)CCCCCCCCCCCCCCC(C)C. The molecule has 3 unspecified atom stereocenters. The highest BCUT2D eigenvalue weighted by Gasteiger charge is 2.30. The van der Waals surface area contributed by atoms with Crippen LogP contribution in [-0.4, -0.2) is 96.7 Å². The van der Waals surface area contributed by atoms with Crippen molar-refractivity contribution in [1.29, 1.82) is 0 Å². The van der Waals surface area contributed by atoms with Crippen molar-refractivity contribution in [2.24, 2.45) is 17.8 Å². The van der Waals surface area contributed by atoms with E-state index in [-0.39, 0.29) is 25.7 Å². The molecule has 618 valence electrons. The van der Waals surface area contributed by atoms with E-state index < -0.39 is 97.5 Å². The van der Waals surface area contributed by atoms with Crippen molar-refractivity contribution in [3.05, 3.63) is 0 Å². The van der Waals surface area contributed by atoms with E-state index in [4.69, 9.17) is 37.0 Å². The molecule has 104 heavy (non-hydrogen) atoms. The predicted octanol–water partition coefficient (Wildman–Crippen LogP) is 25.7. The van der Waals surface area contributed by atoms with E-state index >= 15 is 0 Å². The molecule has 0 aromatic rings. The number of ether oxygens (including phenoxy) is 4. The van der Waals surface area contributed by atoms with E-state index in [9.17, 15) is 43.2 Å². The quantitative estimate of drug-likeness (QED) is 0.0222. The van der Waals surface area contributed by atoms with Crippen molar-refractivity contribution in [3.8, 4) is 0 Å². The summed E-state index contributed by atoms with van der Waals surface area (Å²) in [6.07, 6.45) is 65.3. The number of hydrogen-bond donors (Lipinski definition) is 3. The Balaban J connectivity index is 5.19. The van der Waals surface area contributed by atoms with Crippen LogP contribution in [-0.2, 0) is 65.4 Å². The van der Waals surface area contributed by atoms with E-state index in [0.717, 1.165) is 114 Å². The fourth-order valence-electron chi connectivity index (χ4n) is 13.2. The molecule has 0 fully saturated rings. The third-order valence-electron chi connectivity index (χ3n) is 20.2. The molecule has 0 spiro atoms. The second-order valence-corrected chi connectivity index (χ2v) is 34.7. The maximum Gasteiger partial charge on any atom is 0.472 e. The van der Waals surface area contributed by atoms with Crippen LogP contribution in [0.25, 0.3) is 0 Å². The van der Waals surface area contributed by atoms with E-state index in [2.05, 4.69) is 48.5 Å². The Morgan fingerprint density at radius 3 is 0.731 bits per heavy atom. The summed E-state index contributed by atoms with van der Waals surface area (Å²) in [6.45, 7) is 12.0. The third kappa shape index (κ3) is 76.8. The van der Waals surface area contributed by atoms with E-state index in [0.29, 0.717) is 25.7 Å². The van der Waals surface area contributed by atoms with Gasteiger partial charge in [0.25, 0.3) is 0 Å². The lowest BCUT2D eigenvalue weighted by Gasteiger charge is -2.21. The Kier molecular flexibility index (Phi) is 73.7. The Hall–Kier alpha value is -1.94. The topological polar surface area (TPSA) is 237 Å². The molecule has 0 radical (unpaired) electrons. The standard InChI is InChI=1S/C85H166O17P2/c1-8-10-11-12-13-45-52-59-66-82(87)95-72-80(101-85(90)69-62-55-48-41-35-29-28-31-37-43-50-57-64-77(5)6)74-99-103(91,92)97-70-79(86)71-98-104(93,94)100-75-81(73-96-83(88)67-60-53-46-39-33-26-22-19-18-20-24-30-36-42-49-56-63-76(3)4)102-84(89)68-61-54-47-40-34-27-23-17-15-14-16-21-25-32-38-44-51-58-65-78(7)9-2/h76-81,86H,8-75H2,1-7H3,(H,91,92)(H,93,94)/t78?,79-,80+,81+/m0/s1. The van der Waals surface area contributed by atoms with Gasteiger partial charge in [-0.25, -0.2) is 9.13 Å². The molecule has 0 rings (SSSR count). The molecule has 0 aromatic heterocycles. The second kappa shape index (κ2) is 75.1. The summed E-state index contributed by atoms with van der Waals surface area (Å²) in [4.78, 5) is 73.1. The number of aliphatic hydroxyl groups is 1. The molecule has 0 amide bonds. The van der Waals surface area contributed by atoms with Crippen molar-refractivity contribution in [2.75, 3.05) is 39.6 Å². The van der Waals surface area contributed by atoms with Gasteiger partial charge in [0.05, 0.1) is 26.4 Å². The molecular weight excluding hydrogens is 1350 g/mol. The molecule has 17 nitrogen and oxygen atoms in total. The van der Waals surface area contributed by atoms with Gasteiger partial charge in [-0.05, 0) is 43.4 Å². The second-order valence-electron chi connectivity index (χ2n) is 31.8. The highest BCUT2D eigenvalue weighted by Crippen LogP contribution is 2.45. The van der Waals surface area contributed by atoms with E-state index in [1.54, 1.807) is 0 Å². The Morgan fingerprint density at radius 1 is 0.279 bits per heavy atom. The van der Waals surface area contributed by atoms with Crippen LogP contribution in [0, 0.1) is 17.8 Å². The first-order valence-electron chi connectivity index (χ1n) is 43.9. The minimum Gasteiger partial charge on any atom is -0.462 e. The highest BCUT2D eigenvalue weighted by molar-refractivity contribution is 7.47.